The van der Waals surface area contributed by atoms with Crippen molar-refractivity contribution in [2.75, 3.05) is 19.1 Å². The predicted octanol–water partition coefficient (Wildman–Crippen LogP) is 4.16. The third-order valence-corrected chi connectivity index (χ3v) is 6.68. The van der Waals surface area contributed by atoms with Crippen molar-refractivity contribution in [1.82, 2.24) is 4.90 Å². The molecule has 3 aromatic rings. The van der Waals surface area contributed by atoms with Gasteiger partial charge in [-0.1, -0.05) is 55.1 Å². The first kappa shape index (κ1) is 22.4. The molecule has 0 saturated carbocycles. The zero-order chi connectivity index (χ0) is 24.9. The summed E-state index contributed by atoms with van der Waals surface area (Å²) in [5.74, 6) is -0.677. The standard InChI is InChI=1S/C28H24N2O5/c1-17-20-12-8-9-13-23(20)30(18(2)31)28(17)22-15-25(35-4)24(34-3)14-21(22)26(32)29(27(28)33)16-19-10-6-5-7-11-19/h5-15H,1,16H2,2-4H3. The summed E-state index contributed by atoms with van der Waals surface area (Å²) in [4.78, 5) is 44.0. The van der Waals surface area contributed by atoms with Crippen molar-refractivity contribution in [2.24, 2.45) is 0 Å². The van der Waals surface area contributed by atoms with Crippen molar-refractivity contribution < 1.29 is 23.9 Å². The van der Waals surface area contributed by atoms with Gasteiger partial charge in [0.2, 0.25) is 5.91 Å². The molecule has 35 heavy (non-hydrogen) atoms. The Kier molecular flexibility index (Phi) is 5.20. The number of para-hydroxylation sites is 1. The molecule has 0 saturated heterocycles. The molecule has 3 amide bonds. The highest BCUT2D eigenvalue weighted by atomic mass is 16.5. The highest BCUT2D eigenvalue weighted by molar-refractivity contribution is 6.25. The van der Waals surface area contributed by atoms with Gasteiger partial charge in [0.05, 0.1) is 32.0 Å². The molecule has 2 heterocycles. The number of hydrogen-bond acceptors (Lipinski definition) is 5. The molecular formula is C28H24N2O5. The van der Waals surface area contributed by atoms with Gasteiger partial charge in [0.1, 0.15) is 0 Å². The Balaban J connectivity index is 1.84. The van der Waals surface area contributed by atoms with Gasteiger partial charge in [-0.05, 0) is 29.3 Å². The number of ether oxygens (including phenoxy) is 2. The van der Waals surface area contributed by atoms with Crippen molar-refractivity contribution in [1.29, 1.82) is 0 Å². The Labute approximate surface area is 203 Å². The molecule has 0 aromatic heterocycles. The Bertz CT molecular complexity index is 1400. The van der Waals surface area contributed by atoms with Crippen molar-refractivity contribution in [3.8, 4) is 11.5 Å². The smallest absolute Gasteiger partial charge is 0.265 e. The van der Waals surface area contributed by atoms with Gasteiger partial charge in [0, 0.05) is 18.1 Å². The summed E-state index contributed by atoms with van der Waals surface area (Å²) in [7, 11) is 2.96. The minimum Gasteiger partial charge on any atom is -0.493 e. The Morgan fingerprint density at radius 3 is 2.20 bits per heavy atom. The fourth-order valence-electron chi connectivity index (χ4n) is 5.16. The maximum absolute atomic E-state index is 14.5. The maximum atomic E-state index is 14.5. The molecule has 1 spiro atoms. The van der Waals surface area contributed by atoms with E-state index < -0.39 is 17.4 Å². The number of imide groups is 1. The minimum atomic E-state index is -1.65. The van der Waals surface area contributed by atoms with Gasteiger partial charge in [0.25, 0.3) is 11.8 Å². The number of amides is 3. The number of anilines is 1. The molecule has 7 heteroatoms. The molecule has 3 aromatic carbocycles. The molecule has 0 N–H and O–H groups in total. The summed E-state index contributed by atoms with van der Waals surface area (Å²) in [6.45, 7) is 5.74. The van der Waals surface area contributed by atoms with E-state index in [2.05, 4.69) is 6.58 Å². The molecule has 0 fully saturated rings. The van der Waals surface area contributed by atoms with Gasteiger partial charge in [-0.2, -0.15) is 0 Å². The summed E-state index contributed by atoms with van der Waals surface area (Å²) < 4.78 is 11.0. The maximum Gasteiger partial charge on any atom is 0.265 e. The van der Waals surface area contributed by atoms with Crippen LogP contribution in [0.4, 0.5) is 5.69 Å². The van der Waals surface area contributed by atoms with Crippen LogP contribution in [0.25, 0.3) is 5.57 Å². The van der Waals surface area contributed by atoms with Crippen molar-refractivity contribution in [2.45, 2.75) is 19.0 Å². The SMILES string of the molecule is C=C1c2ccccc2N(C(C)=O)C12C(=O)N(Cc1ccccc1)C(=O)c1cc(OC)c(OC)cc12. The number of carbonyl (C=O) groups excluding carboxylic acids is 3. The van der Waals surface area contributed by atoms with Crippen LogP contribution in [-0.4, -0.2) is 36.8 Å². The molecule has 0 aliphatic carbocycles. The second-order valence-corrected chi connectivity index (χ2v) is 8.50. The third-order valence-electron chi connectivity index (χ3n) is 6.68. The van der Waals surface area contributed by atoms with Gasteiger partial charge >= 0.3 is 0 Å². The zero-order valence-electron chi connectivity index (χ0n) is 19.7. The first-order chi connectivity index (χ1) is 16.9. The predicted molar refractivity (Wildman–Crippen MR) is 131 cm³/mol. The van der Waals surface area contributed by atoms with E-state index >= 15 is 0 Å². The van der Waals surface area contributed by atoms with Crippen LogP contribution < -0.4 is 14.4 Å². The van der Waals surface area contributed by atoms with E-state index in [1.54, 1.807) is 24.3 Å². The van der Waals surface area contributed by atoms with Crippen molar-refractivity contribution >= 4 is 29.0 Å². The number of methoxy groups -OCH3 is 2. The molecule has 2 aliphatic rings. The number of hydrogen-bond donors (Lipinski definition) is 0. The average Bonchev–Trinajstić information content (AvgIpc) is 3.14. The third kappa shape index (κ3) is 3.01. The summed E-state index contributed by atoms with van der Waals surface area (Å²) >= 11 is 0. The van der Waals surface area contributed by atoms with E-state index in [-0.39, 0.29) is 18.0 Å². The summed E-state index contributed by atoms with van der Waals surface area (Å²) in [5.41, 5.74) is 1.38. The van der Waals surface area contributed by atoms with Crippen LogP contribution >= 0.6 is 0 Å². The highest BCUT2D eigenvalue weighted by Gasteiger charge is 2.61. The Hall–Kier alpha value is -4.39. The normalized spacial score (nSPS) is 18.5. The number of nitrogens with zero attached hydrogens (tertiary/aromatic N) is 2. The zero-order valence-corrected chi connectivity index (χ0v) is 19.7. The fraction of sp³-hybridized carbons (Fsp3) is 0.179. The number of rotatable bonds is 4. The van der Waals surface area contributed by atoms with Crippen LogP contribution in [0.3, 0.4) is 0 Å². The first-order valence-electron chi connectivity index (χ1n) is 11.1. The van der Waals surface area contributed by atoms with Gasteiger partial charge < -0.3 is 9.47 Å². The number of fused-ring (bicyclic) bond motifs is 3. The largest absolute Gasteiger partial charge is 0.493 e. The van der Waals surface area contributed by atoms with E-state index in [4.69, 9.17) is 9.47 Å². The topological polar surface area (TPSA) is 76.2 Å². The number of benzene rings is 3. The first-order valence-corrected chi connectivity index (χ1v) is 11.1. The lowest BCUT2D eigenvalue weighted by Crippen LogP contribution is -2.61. The summed E-state index contributed by atoms with van der Waals surface area (Å²) in [5, 5.41) is 0. The Morgan fingerprint density at radius 2 is 1.54 bits per heavy atom. The van der Waals surface area contributed by atoms with E-state index in [9.17, 15) is 14.4 Å². The quantitative estimate of drug-likeness (QED) is 0.538. The average molecular weight is 469 g/mol. The molecule has 0 bridgehead atoms. The van der Waals surface area contributed by atoms with E-state index in [0.717, 1.165) is 5.56 Å². The van der Waals surface area contributed by atoms with E-state index in [1.807, 2.05) is 42.5 Å². The summed E-state index contributed by atoms with van der Waals surface area (Å²) in [6, 6.07) is 19.7. The summed E-state index contributed by atoms with van der Waals surface area (Å²) in [6.07, 6.45) is 0. The van der Waals surface area contributed by atoms with Crippen molar-refractivity contribution in [3.63, 3.8) is 0 Å². The molecule has 1 atom stereocenters. The lowest BCUT2D eigenvalue weighted by Gasteiger charge is -2.45. The molecule has 176 valence electrons. The fourth-order valence-corrected chi connectivity index (χ4v) is 5.16. The molecule has 5 rings (SSSR count). The number of carbonyl (C=O) groups is 3. The van der Waals surface area contributed by atoms with Crippen LogP contribution in [0, 0.1) is 0 Å². The van der Waals surface area contributed by atoms with Gasteiger partial charge in [-0.15, -0.1) is 0 Å². The monoisotopic (exact) mass is 468 g/mol. The molecular weight excluding hydrogens is 444 g/mol. The van der Waals surface area contributed by atoms with E-state index in [0.29, 0.717) is 33.9 Å². The molecule has 2 aliphatic heterocycles. The highest BCUT2D eigenvalue weighted by Crippen LogP contribution is 2.56. The van der Waals surface area contributed by atoms with Crippen LogP contribution in [0.15, 0.2) is 73.3 Å². The second kappa shape index (κ2) is 8.13. The van der Waals surface area contributed by atoms with Crippen LogP contribution in [0.2, 0.25) is 0 Å². The van der Waals surface area contributed by atoms with Gasteiger partial charge in [-0.25, -0.2) is 0 Å². The lowest BCUT2D eigenvalue weighted by atomic mass is 9.75. The van der Waals surface area contributed by atoms with Crippen LogP contribution in [0.1, 0.15) is 34.0 Å². The molecule has 0 radical (unpaired) electrons. The molecule has 1 unspecified atom stereocenters. The van der Waals surface area contributed by atoms with Gasteiger partial charge in [0.15, 0.2) is 17.0 Å². The minimum absolute atomic E-state index is 0.0451. The Morgan fingerprint density at radius 1 is 0.914 bits per heavy atom. The van der Waals surface area contributed by atoms with Crippen molar-refractivity contribution in [3.05, 3.63) is 95.6 Å². The lowest BCUT2D eigenvalue weighted by molar-refractivity contribution is -0.135. The van der Waals surface area contributed by atoms with Crippen LogP contribution in [0.5, 0.6) is 11.5 Å². The second-order valence-electron chi connectivity index (χ2n) is 8.50. The van der Waals surface area contributed by atoms with Crippen LogP contribution in [-0.2, 0) is 21.7 Å². The van der Waals surface area contributed by atoms with Gasteiger partial charge in [-0.3, -0.25) is 24.2 Å². The molecule has 7 nitrogen and oxygen atoms in total. The van der Waals surface area contributed by atoms with E-state index in [1.165, 1.54) is 30.9 Å².